The lowest BCUT2D eigenvalue weighted by molar-refractivity contribution is -0.114. The number of aryl methyl sites for hydroxylation is 1. The van der Waals surface area contributed by atoms with Gasteiger partial charge in [0.05, 0.1) is 0 Å². The fourth-order valence-electron chi connectivity index (χ4n) is 8.49. The minimum absolute atomic E-state index is 0.162. The number of carbonyl (C=O) groups excluding carboxylic acids is 1. The molecule has 4 aliphatic carbocycles. The van der Waals surface area contributed by atoms with Crippen molar-refractivity contribution in [3.8, 4) is 11.8 Å². The first kappa shape index (κ1) is 23.1. The van der Waals surface area contributed by atoms with Crippen LogP contribution in [0, 0.1) is 41.9 Å². The van der Waals surface area contributed by atoms with Crippen LogP contribution in [0.25, 0.3) is 0 Å². The summed E-state index contributed by atoms with van der Waals surface area (Å²) in [6.07, 6.45) is 8.77. The van der Waals surface area contributed by atoms with Gasteiger partial charge in [-0.1, -0.05) is 37.5 Å². The summed E-state index contributed by atoms with van der Waals surface area (Å²) in [4.78, 5) is 14.8. The molecule has 1 heterocycles. The van der Waals surface area contributed by atoms with Crippen LogP contribution in [-0.4, -0.2) is 29.6 Å². The molecular formula is C32H39NO2. The van der Waals surface area contributed by atoms with Crippen molar-refractivity contribution in [1.82, 2.24) is 0 Å². The monoisotopic (exact) mass is 469 g/mol. The lowest BCUT2D eigenvalue weighted by Crippen LogP contribution is -2.52. The average Bonchev–Trinajstić information content (AvgIpc) is 2.99. The van der Waals surface area contributed by atoms with Gasteiger partial charge in [-0.15, -0.1) is 5.92 Å². The van der Waals surface area contributed by atoms with Gasteiger partial charge in [0.1, 0.15) is 5.60 Å². The van der Waals surface area contributed by atoms with Gasteiger partial charge in [-0.2, -0.15) is 0 Å². The molecule has 0 radical (unpaired) electrons. The van der Waals surface area contributed by atoms with Gasteiger partial charge >= 0.3 is 0 Å². The van der Waals surface area contributed by atoms with Crippen molar-refractivity contribution in [2.75, 3.05) is 18.0 Å². The predicted molar refractivity (Wildman–Crippen MR) is 141 cm³/mol. The van der Waals surface area contributed by atoms with E-state index in [2.05, 4.69) is 55.7 Å². The van der Waals surface area contributed by atoms with Crippen LogP contribution in [0.5, 0.6) is 0 Å². The summed E-state index contributed by atoms with van der Waals surface area (Å²) in [7, 11) is 0. The third kappa shape index (κ3) is 3.25. The maximum absolute atomic E-state index is 12.3. The van der Waals surface area contributed by atoms with Crippen LogP contribution in [0.4, 0.5) is 5.69 Å². The Hall–Kier alpha value is -2.31. The zero-order valence-electron chi connectivity index (χ0n) is 21.8. The Balaban J connectivity index is 1.54. The molecule has 3 nitrogen and oxygen atoms in total. The maximum Gasteiger partial charge on any atom is 0.156 e. The summed E-state index contributed by atoms with van der Waals surface area (Å²) in [5.74, 6) is 8.03. The van der Waals surface area contributed by atoms with Gasteiger partial charge in [0.15, 0.2) is 5.78 Å². The molecule has 1 aromatic rings. The van der Waals surface area contributed by atoms with Crippen LogP contribution < -0.4 is 4.90 Å². The highest BCUT2D eigenvalue weighted by atomic mass is 16.3. The summed E-state index contributed by atoms with van der Waals surface area (Å²) in [6.45, 7) is 10.9. The number of benzene rings is 1. The Morgan fingerprint density at radius 1 is 1.17 bits per heavy atom. The van der Waals surface area contributed by atoms with Crippen molar-refractivity contribution < 1.29 is 9.90 Å². The highest BCUT2D eigenvalue weighted by Crippen LogP contribution is 2.68. The van der Waals surface area contributed by atoms with Crippen LogP contribution in [0.2, 0.25) is 0 Å². The molecule has 6 rings (SSSR count). The lowest BCUT2D eigenvalue weighted by Gasteiger charge is -2.54. The Bertz CT molecular complexity index is 1210. The topological polar surface area (TPSA) is 40.5 Å². The Kier molecular flexibility index (Phi) is 5.35. The summed E-state index contributed by atoms with van der Waals surface area (Å²) in [5.41, 5.74) is 7.27. The van der Waals surface area contributed by atoms with E-state index < -0.39 is 5.60 Å². The van der Waals surface area contributed by atoms with Crippen molar-refractivity contribution >= 4 is 11.5 Å². The van der Waals surface area contributed by atoms with E-state index in [4.69, 9.17) is 0 Å². The second-order valence-electron chi connectivity index (χ2n) is 12.2. The Morgan fingerprint density at radius 2 is 1.97 bits per heavy atom. The summed E-state index contributed by atoms with van der Waals surface area (Å²) in [6, 6.07) is 7.09. The maximum atomic E-state index is 12.3. The molecule has 1 aliphatic heterocycles. The molecule has 1 N–H and O–H groups in total. The minimum atomic E-state index is -0.954. The molecule has 6 atom stereocenters. The van der Waals surface area contributed by atoms with E-state index in [1.54, 1.807) is 5.57 Å². The van der Waals surface area contributed by atoms with Crippen molar-refractivity contribution in [1.29, 1.82) is 0 Å². The molecule has 0 aromatic heterocycles. The van der Waals surface area contributed by atoms with Gasteiger partial charge in [0.2, 0.25) is 0 Å². The molecule has 35 heavy (non-hydrogen) atoms. The summed E-state index contributed by atoms with van der Waals surface area (Å²) >= 11 is 0. The van der Waals surface area contributed by atoms with Gasteiger partial charge in [0, 0.05) is 36.5 Å². The standard InChI is InChI=1S/C32H39NO2/c1-5-13-32(35)21(3)16-28-26-11-9-22-17-24(34)10-12-25(22)30(26)27(19-31(28,32)4)23-8-7-20(2)29(18-23)33-14-6-15-33/h7-8,17-18,21,26-28,35H,6,9-12,14-16,19H2,1-4H3/t21-,26+,27-,28+,31+,32+/m1/s1. The molecule has 0 unspecified atom stereocenters. The molecule has 0 spiro atoms. The smallest absolute Gasteiger partial charge is 0.156 e. The summed E-state index contributed by atoms with van der Waals surface area (Å²) in [5, 5.41) is 12.1. The largest absolute Gasteiger partial charge is 0.377 e. The second kappa shape index (κ2) is 8.10. The zero-order valence-corrected chi connectivity index (χ0v) is 21.8. The lowest BCUT2D eigenvalue weighted by atomic mass is 9.51. The van der Waals surface area contributed by atoms with Gasteiger partial charge in [0.25, 0.3) is 0 Å². The van der Waals surface area contributed by atoms with E-state index in [-0.39, 0.29) is 23.0 Å². The summed E-state index contributed by atoms with van der Waals surface area (Å²) < 4.78 is 0. The van der Waals surface area contributed by atoms with Crippen molar-refractivity contribution in [3.05, 3.63) is 52.1 Å². The normalized spacial score (nSPS) is 38.0. The van der Waals surface area contributed by atoms with Gasteiger partial charge in [-0.05, 0) is 105 Å². The van der Waals surface area contributed by atoms with Crippen LogP contribution in [-0.2, 0) is 4.79 Å². The second-order valence-corrected chi connectivity index (χ2v) is 12.2. The molecule has 3 fully saturated rings. The quantitative estimate of drug-likeness (QED) is 0.532. The molecule has 1 saturated heterocycles. The predicted octanol–water partition coefficient (Wildman–Crippen LogP) is 6.11. The number of hydrogen-bond acceptors (Lipinski definition) is 3. The van der Waals surface area contributed by atoms with Gasteiger partial charge in [-0.25, -0.2) is 0 Å². The number of ketones is 1. The third-order valence-corrected chi connectivity index (χ3v) is 10.5. The van der Waals surface area contributed by atoms with Crippen LogP contribution in [0.1, 0.15) is 82.8 Å². The van der Waals surface area contributed by atoms with Gasteiger partial charge in [-0.3, -0.25) is 4.79 Å². The number of nitrogens with zero attached hydrogens (tertiary/aromatic N) is 1. The van der Waals surface area contributed by atoms with Gasteiger partial charge < -0.3 is 10.0 Å². The fraction of sp³-hybridized carbons (Fsp3) is 0.594. The third-order valence-electron chi connectivity index (χ3n) is 10.5. The Morgan fingerprint density at radius 3 is 2.69 bits per heavy atom. The van der Waals surface area contributed by atoms with Crippen molar-refractivity contribution in [2.24, 2.45) is 23.2 Å². The van der Waals surface area contributed by atoms with Crippen LogP contribution in [0.15, 0.2) is 41.0 Å². The zero-order chi connectivity index (χ0) is 24.5. The van der Waals surface area contributed by atoms with E-state index >= 15 is 0 Å². The first-order valence-corrected chi connectivity index (χ1v) is 13.8. The number of aliphatic hydroxyl groups is 1. The molecular weight excluding hydrogens is 430 g/mol. The molecule has 0 amide bonds. The minimum Gasteiger partial charge on any atom is -0.377 e. The van der Waals surface area contributed by atoms with E-state index in [9.17, 15) is 9.90 Å². The van der Waals surface area contributed by atoms with Crippen LogP contribution >= 0.6 is 0 Å². The highest BCUT2D eigenvalue weighted by Gasteiger charge is 2.65. The van der Waals surface area contributed by atoms with E-state index in [1.165, 1.54) is 34.4 Å². The molecule has 3 heteroatoms. The Labute approximate surface area is 210 Å². The number of rotatable bonds is 2. The highest BCUT2D eigenvalue weighted by molar-refractivity contribution is 5.93. The van der Waals surface area contributed by atoms with E-state index in [0.717, 1.165) is 45.2 Å². The molecule has 5 aliphatic rings. The van der Waals surface area contributed by atoms with E-state index in [0.29, 0.717) is 18.3 Å². The number of hydrogen-bond donors (Lipinski definition) is 1. The number of anilines is 1. The van der Waals surface area contributed by atoms with Crippen LogP contribution in [0.3, 0.4) is 0 Å². The van der Waals surface area contributed by atoms with E-state index in [1.807, 2.05) is 13.0 Å². The molecule has 2 saturated carbocycles. The number of fused-ring (bicyclic) bond motifs is 4. The fourth-order valence-corrected chi connectivity index (χ4v) is 8.49. The first-order chi connectivity index (χ1) is 16.8. The van der Waals surface area contributed by atoms with Crippen molar-refractivity contribution in [3.63, 3.8) is 0 Å². The average molecular weight is 470 g/mol. The molecule has 0 bridgehead atoms. The SMILES string of the molecule is CC#C[C@]1(O)[C@H](C)C[C@H]2[C@@H]3CCC4=CC(=O)CCC4=C3[C@@H](c3ccc(C)c(N4CCC4)c3)C[C@@]21C. The van der Waals surface area contributed by atoms with Crippen molar-refractivity contribution in [2.45, 2.75) is 84.2 Å². The molecule has 1 aromatic carbocycles. The molecule has 184 valence electrons. The first-order valence-electron chi connectivity index (χ1n) is 13.8. The number of allylic oxidation sites excluding steroid dienone is 4. The number of carbonyl (C=O) groups is 1.